The SMILES string of the molecule is CCc1nnc(COC(=O)c2ccccc2C(=O)c2cc(C)ccc2C)o1. The molecule has 1 heterocycles. The molecule has 0 fully saturated rings. The third kappa shape index (κ3) is 4.11. The minimum absolute atomic E-state index is 0.141. The molecule has 2 aromatic carbocycles. The number of esters is 1. The molecule has 6 heteroatoms. The molecule has 138 valence electrons. The summed E-state index contributed by atoms with van der Waals surface area (Å²) in [4.78, 5) is 25.6. The second-order valence-electron chi connectivity index (χ2n) is 6.21. The van der Waals surface area contributed by atoms with Gasteiger partial charge in [-0.2, -0.15) is 0 Å². The summed E-state index contributed by atoms with van der Waals surface area (Å²) < 4.78 is 10.6. The number of ketones is 1. The van der Waals surface area contributed by atoms with Gasteiger partial charge in [-0.05, 0) is 31.5 Å². The summed E-state index contributed by atoms with van der Waals surface area (Å²) in [6.45, 7) is 5.54. The van der Waals surface area contributed by atoms with Crippen molar-refractivity contribution in [2.75, 3.05) is 0 Å². The van der Waals surface area contributed by atoms with Gasteiger partial charge >= 0.3 is 5.97 Å². The van der Waals surface area contributed by atoms with Crippen molar-refractivity contribution in [3.05, 3.63) is 82.1 Å². The molecular weight excluding hydrogens is 344 g/mol. The van der Waals surface area contributed by atoms with Gasteiger partial charge in [0.1, 0.15) is 0 Å². The highest BCUT2D eigenvalue weighted by atomic mass is 16.5. The van der Waals surface area contributed by atoms with Crippen LogP contribution >= 0.6 is 0 Å². The molecule has 0 unspecified atom stereocenters. The fourth-order valence-electron chi connectivity index (χ4n) is 2.68. The summed E-state index contributed by atoms with van der Waals surface area (Å²) in [5.74, 6) is -0.125. The molecule has 3 rings (SSSR count). The normalized spacial score (nSPS) is 10.6. The Balaban J connectivity index is 1.83. The molecule has 0 aliphatic carbocycles. The van der Waals surface area contributed by atoms with Crippen LogP contribution in [-0.2, 0) is 17.8 Å². The Kier molecular flexibility index (Phi) is 5.45. The summed E-state index contributed by atoms with van der Waals surface area (Å²) >= 11 is 0. The predicted octanol–water partition coefficient (Wildman–Crippen LogP) is 3.84. The number of benzene rings is 2. The maximum Gasteiger partial charge on any atom is 0.339 e. The van der Waals surface area contributed by atoms with E-state index in [2.05, 4.69) is 10.2 Å². The van der Waals surface area contributed by atoms with E-state index in [9.17, 15) is 9.59 Å². The van der Waals surface area contributed by atoms with Gasteiger partial charge in [0, 0.05) is 17.5 Å². The molecule has 3 aromatic rings. The van der Waals surface area contributed by atoms with Gasteiger partial charge in [0.25, 0.3) is 5.89 Å². The topological polar surface area (TPSA) is 82.3 Å². The Morgan fingerprint density at radius 2 is 1.67 bits per heavy atom. The van der Waals surface area contributed by atoms with E-state index < -0.39 is 5.97 Å². The first-order chi connectivity index (χ1) is 13.0. The zero-order chi connectivity index (χ0) is 19.4. The highest BCUT2D eigenvalue weighted by molar-refractivity contribution is 6.15. The van der Waals surface area contributed by atoms with E-state index in [0.717, 1.165) is 11.1 Å². The van der Waals surface area contributed by atoms with Gasteiger partial charge in [0.15, 0.2) is 12.4 Å². The second-order valence-corrected chi connectivity index (χ2v) is 6.21. The molecule has 0 radical (unpaired) electrons. The van der Waals surface area contributed by atoms with Gasteiger partial charge in [-0.25, -0.2) is 4.79 Å². The van der Waals surface area contributed by atoms with Crippen LogP contribution in [0.25, 0.3) is 0 Å². The molecule has 1 aromatic heterocycles. The number of hydrogen-bond donors (Lipinski definition) is 0. The Morgan fingerprint density at radius 3 is 2.37 bits per heavy atom. The summed E-state index contributed by atoms with van der Waals surface area (Å²) in [5.41, 5.74) is 2.91. The first-order valence-electron chi connectivity index (χ1n) is 8.69. The van der Waals surface area contributed by atoms with E-state index in [1.165, 1.54) is 0 Å². The highest BCUT2D eigenvalue weighted by Gasteiger charge is 2.21. The standard InChI is InChI=1S/C21H20N2O4/c1-4-18-22-23-19(27-18)12-26-21(25)16-8-6-5-7-15(16)20(24)17-11-13(2)9-10-14(17)3/h5-11H,4,12H2,1-3H3. The number of rotatable bonds is 6. The molecule has 0 saturated heterocycles. The van der Waals surface area contributed by atoms with Crippen molar-refractivity contribution in [3.63, 3.8) is 0 Å². The van der Waals surface area contributed by atoms with Crippen LogP contribution in [0.1, 0.15) is 56.1 Å². The average Bonchev–Trinajstić information content (AvgIpc) is 3.15. The van der Waals surface area contributed by atoms with Crippen LogP contribution in [0.2, 0.25) is 0 Å². The minimum Gasteiger partial charge on any atom is -0.452 e. The number of carbonyl (C=O) groups is 2. The zero-order valence-corrected chi connectivity index (χ0v) is 15.5. The van der Waals surface area contributed by atoms with Crippen molar-refractivity contribution >= 4 is 11.8 Å². The van der Waals surface area contributed by atoms with Crippen LogP contribution in [0.15, 0.2) is 46.9 Å². The maximum atomic E-state index is 13.0. The van der Waals surface area contributed by atoms with Crippen molar-refractivity contribution in [2.45, 2.75) is 33.8 Å². The van der Waals surface area contributed by atoms with Gasteiger partial charge in [-0.3, -0.25) is 4.79 Å². The minimum atomic E-state index is -0.611. The Hall–Kier alpha value is -3.28. The lowest BCUT2D eigenvalue weighted by molar-refractivity contribution is 0.0434. The van der Waals surface area contributed by atoms with Crippen LogP contribution in [0.4, 0.5) is 0 Å². The number of hydrogen-bond acceptors (Lipinski definition) is 6. The molecule has 0 spiro atoms. The summed E-state index contributed by atoms with van der Waals surface area (Å²) in [7, 11) is 0. The monoisotopic (exact) mass is 364 g/mol. The van der Waals surface area contributed by atoms with Crippen molar-refractivity contribution in [1.29, 1.82) is 0 Å². The highest BCUT2D eigenvalue weighted by Crippen LogP contribution is 2.20. The molecule has 0 saturated carbocycles. The van der Waals surface area contributed by atoms with Gasteiger partial charge in [-0.15, -0.1) is 10.2 Å². The van der Waals surface area contributed by atoms with Crippen molar-refractivity contribution in [3.8, 4) is 0 Å². The predicted molar refractivity (Wildman–Crippen MR) is 98.6 cm³/mol. The third-order valence-corrected chi connectivity index (χ3v) is 4.17. The molecule has 0 N–H and O–H groups in total. The summed E-state index contributed by atoms with van der Waals surface area (Å²) in [6, 6.07) is 12.3. The van der Waals surface area contributed by atoms with Gasteiger partial charge < -0.3 is 9.15 Å². The smallest absolute Gasteiger partial charge is 0.339 e. The van der Waals surface area contributed by atoms with Crippen molar-refractivity contribution in [1.82, 2.24) is 10.2 Å². The molecule has 0 amide bonds. The molecule has 6 nitrogen and oxygen atoms in total. The number of ether oxygens (including phenoxy) is 1. The van der Waals surface area contributed by atoms with Crippen molar-refractivity contribution in [2.24, 2.45) is 0 Å². The lowest BCUT2D eigenvalue weighted by Crippen LogP contribution is -2.13. The number of aryl methyl sites for hydroxylation is 3. The van der Waals surface area contributed by atoms with Crippen LogP contribution < -0.4 is 0 Å². The molecule has 27 heavy (non-hydrogen) atoms. The third-order valence-electron chi connectivity index (χ3n) is 4.17. The van der Waals surface area contributed by atoms with Crippen LogP contribution in [0.3, 0.4) is 0 Å². The largest absolute Gasteiger partial charge is 0.452 e. The molecule has 0 aliphatic rings. The summed E-state index contributed by atoms with van der Waals surface area (Å²) in [5, 5.41) is 7.64. The molecular formula is C21H20N2O4. The quantitative estimate of drug-likeness (QED) is 0.488. The van der Waals surface area contributed by atoms with Gasteiger partial charge in [0.05, 0.1) is 5.56 Å². The van der Waals surface area contributed by atoms with E-state index in [1.807, 2.05) is 39.0 Å². The van der Waals surface area contributed by atoms with E-state index >= 15 is 0 Å². The lowest BCUT2D eigenvalue weighted by Gasteiger charge is -2.10. The average molecular weight is 364 g/mol. The van der Waals surface area contributed by atoms with E-state index in [-0.39, 0.29) is 23.8 Å². The number of nitrogens with zero attached hydrogens (tertiary/aromatic N) is 2. The van der Waals surface area contributed by atoms with Crippen LogP contribution in [-0.4, -0.2) is 21.9 Å². The molecule has 0 aliphatic heterocycles. The number of carbonyl (C=O) groups excluding carboxylic acids is 2. The van der Waals surface area contributed by atoms with Crippen LogP contribution in [0, 0.1) is 13.8 Å². The fourth-order valence-corrected chi connectivity index (χ4v) is 2.68. The second kappa shape index (κ2) is 7.95. The van der Waals surface area contributed by atoms with E-state index in [0.29, 0.717) is 23.4 Å². The van der Waals surface area contributed by atoms with Gasteiger partial charge in [0.2, 0.25) is 5.89 Å². The van der Waals surface area contributed by atoms with E-state index in [4.69, 9.17) is 9.15 Å². The Morgan fingerprint density at radius 1 is 0.963 bits per heavy atom. The molecule has 0 bridgehead atoms. The number of aromatic nitrogens is 2. The van der Waals surface area contributed by atoms with E-state index in [1.54, 1.807) is 24.3 Å². The first kappa shape index (κ1) is 18.5. The fraction of sp³-hybridized carbons (Fsp3) is 0.238. The summed E-state index contributed by atoms with van der Waals surface area (Å²) in [6.07, 6.45) is 0.605. The maximum absolute atomic E-state index is 13.0. The Bertz CT molecular complexity index is 991. The Labute approximate surface area is 157 Å². The lowest BCUT2D eigenvalue weighted by atomic mass is 9.94. The van der Waals surface area contributed by atoms with Gasteiger partial charge in [-0.1, -0.05) is 42.8 Å². The molecule has 0 atom stereocenters. The zero-order valence-electron chi connectivity index (χ0n) is 15.5. The first-order valence-corrected chi connectivity index (χ1v) is 8.69. The van der Waals surface area contributed by atoms with Crippen molar-refractivity contribution < 1.29 is 18.7 Å². The van der Waals surface area contributed by atoms with Crippen LogP contribution in [0.5, 0.6) is 0 Å².